The van der Waals surface area contributed by atoms with E-state index in [4.69, 9.17) is 0 Å². The van der Waals surface area contributed by atoms with Gasteiger partial charge in [0.05, 0.1) is 6.54 Å². The highest BCUT2D eigenvalue weighted by molar-refractivity contribution is 5.45. The molecule has 1 saturated carbocycles. The van der Waals surface area contributed by atoms with Crippen molar-refractivity contribution in [2.24, 2.45) is 11.8 Å². The number of nitrogens with one attached hydrogen (secondary N) is 1. The average Bonchev–Trinajstić information content (AvgIpc) is 2.98. The fraction of sp³-hybridized carbons (Fsp3) is 0.500. The fourth-order valence-electron chi connectivity index (χ4n) is 3.20. The highest BCUT2D eigenvalue weighted by Crippen LogP contribution is 2.31. The van der Waals surface area contributed by atoms with Crippen LogP contribution in [0.25, 0.3) is 0 Å². The molecule has 1 aromatic carbocycles. The molecule has 3 rings (SSSR count). The van der Waals surface area contributed by atoms with E-state index in [0.717, 1.165) is 18.4 Å². The summed E-state index contributed by atoms with van der Waals surface area (Å²) >= 11 is 0. The van der Waals surface area contributed by atoms with Crippen LogP contribution in [0.1, 0.15) is 38.7 Å². The van der Waals surface area contributed by atoms with Crippen molar-refractivity contribution in [2.75, 3.05) is 5.32 Å². The van der Waals surface area contributed by atoms with Gasteiger partial charge < -0.3 is 5.32 Å². The molecule has 0 radical (unpaired) electrons. The quantitative estimate of drug-likeness (QED) is 0.912. The Morgan fingerprint density at radius 3 is 2.62 bits per heavy atom. The molecule has 3 nitrogen and oxygen atoms in total. The van der Waals surface area contributed by atoms with Gasteiger partial charge in [-0.3, -0.25) is 4.68 Å². The summed E-state index contributed by atoms with van der Waals surface area (Å²) in [5, 5.41) is 7.94. The van der Waals surface area contributed by atoms with Gasteiger partial charge in [0.1, 0.15) is 0 Å². The summed E-state index contributed by atoms with van der Waals surface area (Å²) in [7, 11) is 0. The van der Waals surface area contributed by atoms with Crippen LogP contribution in [0.3, 0.4) is 0 Å². The van der Waals surface area contributed by atoms with Crippen molar-refractivity contribution in [1.82, 2.24) is 9.78 Å². The zero-order valence-electron chi connectivity index (χ0n) is 13.0. The second kappa shape index (κ2) is 6.33. The molecule has 1 fully saturated rings. The molecular formula is C18H25N3. The van der Waals surface area contributed by atoms with Crippen molar-refractivity contribution in [1.29, 1.82) is 0 Å². The largest absolute Gasteiger partial charge is 0.382 e. The molecule has 3 unspecified atom stereocenters. The van der Waals surface area contributed by atoms with E-state index in [1.54, 1.807) is 0 Å². The minimum absolute atomic E-state index is 0.633. The van der Waals surface area contributed by atoms with Crippen molar-refractivity contribution in [3.8, 4) is 0 Å². The van der Waals surface area contributed by atoms with E-state index < -0.39 is 0 Å². The van der Waals surface area contributed by atoms with Gasteiger partial charge in [-0.2, -0.15) is 5.10 Å². The molecule has 3 heteroatoms. The Hall–Kier alpha value is -1.77. The van der Waals surface area contributed by atoms with E-state index in [1.807, 2.05) is 23.1 Å². The fourth-order valence-corrected chi connectivity index (χ4v) is 3.20. The third-order valence-corrected chi connectivity index (χ3v) is 4.83. The highest BCUT2D eigenvalue weighted by Gasteiger charge is 2.24. The number of benzene rings is 1. The SMILES string of the molecule is CC1CCC(Nc2ccc(Cn3cccn3)cc2)CC1C. The molecule has 1 aromatic heterocycles. The van der Waals surface area contributed by atoms with E-state index in [2.05, 4.69) is 48.5 Å². The van der Waals surface area contributed by atoms with Crippen LogP contribution in [0.4, 0.5) is 5.69 Å². The van der Waals surface area contributed by atoms with Crippen LogP contribution in [0, 0.1) is 11.8 Å². The van der Waals surface area contributed by atoms with Crippen LogP contribution in [0.2, 0.25) is 0 Å². The number of rotatable bonds is 4. The summed E-state index contributed by atoms with van der Waals surface area (Å²) in [6, 6.07) is 11.4. The van der Waals surface area contributed by atoms with Crippen LogP contribution < -0.4 is 5.32 Å². The van der Waals surface area contributed by atoms with Gasteiger partial charge in [0.15, 0.2) is 0 Å². The minimum Gasteiger partial charge on any atom is -0.382 e. The molecule has 2 aromatic rings. The lowest BCUT2D eigenvalue weighted by Gasteiger charge is -2.33. The summed E-state index contributed by atoms with van der Waals surface area (Å²) in [6.45, 7) is 5.60. The van der Waals surface area contributed by atoms with Gasteiger partial charge in [-0.1, -0.05) is 26.0 Å². The molecule has 0 amide bonds. The number of nitrogens with zero attached hydrogens (tertiary/aromatic N) is 2. The Kier molecular flexibility index (Phi) is 4.28. The average molecular weight is 283 g/mol. The molecule has 3 atom stereocenters. The van der Waals surface area contributed by atoms with Crippen LogP contribution in [-0.2, 0) is 6.54 Å². The minimum atomic E-state index is 0.633. The van der Waals surface area contributed by atoms with Crippen LogP contribution in [-0.4, -0.2) is 15.8 Å². The zero-order chi connectivity index (χ0) is 14.7. The van der Waals surface area contributed by atoms with Crippen molar-refractivity contribution >= 4 is 5.69 Å². The lowest BCUT2D eigenvalue weighted by atomic mass is 9.79. The first-order chi connectivity index (χ1) is 10.2. The lowest BCUT2D eigenvalue weighted by Crippen LogP contribution is -2.30. The monoisotopic (exact) mass is 283 g/mol. The third-order valence-electron chi connectivity index (χ3n) is 4.83. The summed E-state index contributed by atoms with van der Waals surface area (Å²) in [6.07, 6.45) is 7.74. The Labute approximate surface area is 127 Å². The first-order valence-corrected chi connectivity index (χ1v) is 8.03. The molecular weight excluding hydrogens is 258 g/mol. The topological polar surface area (TPSA) is 29.9 Å². The van der Waals surface area contributed by atoms with Gasteiger partial charge in [-0.25, -0.2) is 0 Å². The van der Waals surface area contributed by atoms with E-state index in [1.165, 1.54) is 30.5 Å². The van der Waals surface area contributed by atoms with Crippen molar-refractivity contribution in [3.05, 3.63) is 48.3 Å². The summed E-state index contributed by atoms with van der Waals surface area (Å²) in [5.41, 5.74) is 2.53. The van der Waals surface area contributed by atoms with Crippen LogP contribution >= 0.6 is 0 Å². The summed E-state index contributed by atoms with van der Waals surface area (Å²) in [5.74, 6) is 1.70. The Morgan fingerprint density at radius 1 is 1.14 bits per heavy atom. The predicted molar refractivity (Wildman–Crippen MR) is 87.4 cm³/mol. The highest BCUT2D eigenvalue weighted by atomic mass is 15.3. The molecule has 0 saturated heterocycles. The Morgan fingerprint density at radius 2 is 1.95 bits per heavy atom. The molecule has 21 heavy (non-hydrogen) atoms. The van der Waals surface area contributed by atoms with E-state index in [0.29, 0.717) is 6.04 Å². The van der Waals surface area contributed by atoms with E-state index in [9.17, 15) is 0 Å². The zero-order valence-corrected chi connectivity index (χ0v) is 13.0. The van der Waals surface area contributed by atoms with Crippen LogP contribution in [0.5, 0.6) is 0 Å². The molecule has 0 aliphatic heterocycles. The maximum Gasteiger partial charge on any atom is 0.0659 e. The molecule has 0 spiro atoms. The lowest BCUT2D eigenvalue weighted by molar-refractivity contribution is 0.261. The third kappa shape index (κ3) is 3.66. The summed E-state index contributed by atoms with van der Waals surface area (Å²) in [4.78, 5) is 0. The van der Waals surface area contributed by atoms with Gasteiger partial charge >= 0.3 is 0 Å². The standard InChI is InChI=1S/C18H25N3/c1-14-4-7-18(12-15(14)2)20-17-8-5-16(6-9-17)13-21-11-3-10-19-21/h3,5-6,8-11,14-15,18,20H,4,7,12-13H2,1-2H3. The van der Waals surface area contributed by atoms with Gasteiger partial charge in [-0.15, -0.1) is 0 Å². The molecule has 1 N–H and O–H groups in total. The molecule has 1 aliphatic rings. The Bertz CT molecular complexity index is 544. The Balaban J connectivity index is 1.57. The van der Waals surface area contributed by atoms with E-state index >= 15 is 0 Å². The predicted octanol–water partition coefficient (Wildman–Crippen LogP) is 4.17. The molecule has 112 valence electrons. The second-order valence-electron chi connectivity index (χ2n) is 6.51. The molecule has 1 heterocycles. The maximum atomic E-state index is 4.24. The maximum absolute atomic E-state index is 4.24. The van der Waals surface area contributed by atoms with Crippen LogP contribution in [0.15, 0.2) is 42.7 Å². The molecule has 1 aliphatic carbocycles. The smallest absolute Gasteiger partial charge is 0.0659 e. The number of hydrogen-bond donors (Lipinski definition) is 1. The van der Waals surface area contributed by atoms with Crippen molar-refractivity contribution in [3.63, 3.8) is 0 Å². The van der Waals surface area contributed by atoms with Gasteiger partial charge in [0, 0.05) is 24.1 Å². The number of anilines is 1. The van der Waals surface area contributed by atoms with Crippen molar-refractivity contribution < 1.29 is 0 Å². The van der Waals surface area contributed by atoms with Gasteiger partial charge in [-0.05, 0) is 54.9 Å². The first-order valence-electron chi connectivity index (χ1n) is 8.03. The first kappa shape index (κ1) is 14.2. The number of aromatic nitrogens is 2. The van der Waals surface area contributed by atoms with E-state index in [-0.39, 0.29) is 0 Å². The normalized spacial score (nSPS) is 25.7. The second-order valence-corrected chi connectivity index (χ2v) is 6.51. The number of hydrogen-bond acceptors (Lipinski definition) is 2. The van der Waals surface area contributed by atoms with Gasteiger partial charge in [0.25, 0.3) is 0 Å². The van der Waals surface area contributed by atoms with Gasteiger partial charge in [0.2, 0.25) is 0 Å². The van der Waals surface area contributed by atoms with Crippen molar-refractivity contribution in [2.45, 2.75) is 45.7 Å². The summed E-state index contributed by atoms with van der Waals surface area (Å²) < 4.78 is 1.95. The molecule has 0 bridgehead atoms.